The van der Waals surface area contributed by atoms with Crippen LogP contribution >= 0.6 is 0 Å². The Bertz CT molecular complexity index is 439. The van der Waals surface area contributed by atoms with Gasteiger partial charge in [-0.3, -0.25) is 4.72 Å². The molecule has 2 rings (SSSR count). The molecule has 0 aromatic heterocycles. The van der Waals surface area contributed by atoms with Gasteiger partial charge in [-0.2, -0.15) is 0 Å². The Balaban J connectivity index is 2.48. The van der Waals surface area contributed by atoms with Crippen LogP contribution in [0.5, 0.6) is 5.75 Å². The first kappa shape index (κ1) is 8.37. The van der Waals surface area contributed by atoms with Gasteiger partial charge in [-0.25, -0.2) is 8.42 Å². The molecular weight excluding hydrogens is 190 g/mol. The van der Waals surface area contributed by atoms with E-state index in [-0.39, 0.29) is 5.94 Å². The van der Waals surface area contributed by atoms with E-state index in [9.17, 15) is 8.42 Å². The average Bonchev–Trinajstić information content (AvgIpc) is 2.05. The maximum Gasteiger partial charge on any atom is 0.268 e. The van der Waals surface area contributed by atoms with E-state index >= 15 is 0 Å². The Labute approximate surface area is 76.6 Å². The van der Waals surface area contributed by atoms with Crippen molar-refractivity contribution in [2.75, 3.05) is 10.7 Å². The molecule has 1 aliphatic heterocycles. The zero-order chi connectivity index (χ0) is 9.47. The first-order chi connectivity index (χ1) is 6.07. The van der Waals surface area contributed by atoms with Crippen LogP contribution in [0, 0.1) is 6.92 Å². The molecule has 0 atom stereocenters. The summed E-state index contributed by atoms with van der Waals surface area (Å²) in [5.41, 5.74) is 1.55. The van der Waals surface area contributed by atoms with Crippen LogP contribution in [0.4, 0.5) is 5.69 Å². The lowest BCUT2D eigenvalue weighted by Crippen LogP contribution is -2.25. The number of anilines is 1. The monoisotopic (exact) mass is 199 g/mol. The highest BCUT2D eigenvalue weighted by Gasteiger charge is 2.20. The zero-order valence-corrected chi connectivity index (χ0v) is 7.89. The minimum absolute atomic E-state index is 0.302. The molecule has 0 saturated heterocycles. The lowest BCUT2D eigenvalue weighted by Gasteiger charge is -2.19. The van der Waals surface area contributed by atoms with E-state index < -0.39 is 10.0 Å². The molecular formula is C8H9NO3S. The molecule has 1 heterocycles. The van der Waals surface area contributed by atoms with E-state index in [1.54, 1.807) is 12.1 Å². The molecule has 1 aromatic carbocycles. The van der Waals surface area contributed by atoms with E-state index in [1.807, 2.05) is 13.0 Å². The second-order valence-corrected chi connectivity index (χ2v) is 4.65. The maximum atomic E-state index is 11.1. The first-order valence-electron chi connectivity index (χ1n) is 3.81. The Hall–Kier alpha value is -1.23. The number of sulfonamides is 1. The van der Waals surface area contributed by atoms with Crippen LogP contribution in [0.3, 0.4) is 0 Å². The van der Waals surface area contributed by atoms with Gasteiger partial charge in [0.1, 0.15) is 5.75 Å². The molecule has 0 fully saturated rings. The Morgan fingerprint density at radius 1 is 1.46 bits per heavy atom. The van der Waals surface area contributed by atoms with Crippen molar-refractivity contribution in [1.82, 2.24) is 0 Å². The van der Waals surface area contributed by atoms with Gasteiger partial charge in [-0.1, -0.05) is 6.07 Å². The number of hydrogen-bond acceptors (Lipinski definition) is 3. The second-order valence-electron chi connectivity index (χ2n) is 2.98. The summed E-state index contributed by atoms with van der Waals surface area (Å²) in [6.45, 7) is 1.92. The van der Waals surface area contributed by atoms with Gasteiger partial charge in [0, 0.05) is 0 Å². The van der Waals surface area contributed by atoms with Gasteiger partial charge >= 0.3 is 0 Å². The fraction of sp³-hybridized carbons (Fsp3) is 0.250. The van der Waals surface area contributed by atoms with Crippen LogP contribution in [-0.4, -0.2) is 14.4 Å². The number of benzene rings is 1. The molecule has 70 valence electrons. The summed E-state index contributed by atoms with van der Waals surface area (Å²) in [5, 5.41) is 0. The molecule has 0 amide bonds. The van der Waals surface area contributed by atoms with Gasteiger partial charge in [-0.15, -0.1) is 0 Å². The van der Waals surface area contributed by atoms with Gasteiger partial charge in [0.05, 0.1) is 5.69 Å². The van der Waals surface area contributed by atoms with Gasteiger partial charge < -0.3 is 4.74 Å². The molecule has 0 spiro atoms. The van der Waals surface area contributed by atoms with Crippen molar-refractivity contribution in [2.45, 2.75) is 6.92 Å². The van der Waals surface area contributed by atoms with E-state index in [2.05, 4.69) is 4.72 Å². The SMILES string of the molecule is Cc1ccc2c(c1)OCS(=O)(=O)N2. The predicted octanol–water partition coefficient (Wildman–Crippen LogP) is 1.09. The summed E-state index contributed by atoms with van der Waals surface area (Å²) in [4.78, 5) is 0. The van der Waals surface area contributed by atoms with E-state index in [0.29, 0.717) is 11.4 Å². The molecule has 0 unspecified atom stereocenters. The molecule has 0 bridgehead atoms. The minimum Gasteiger partial charge on any atom is -0.474 e. The largest absolute Gasteiger partial charge is 0.474 e. The van der Waals surface area contributed by atoms with Crippen molar-refractivity contribution < 1.29 is 13.2 Å². The standard InChI is InChI=1S/C8H9NO3S/c1-6-2-3-7-8(4-6)12-5-13(10,11)9-7/h2-4,9H,5H2,1H3. The van der Waals surface area contributed by atoms with Crippen molar-refractivity contribution >= 4 is 15.7 Å². The second kappa shape index (κ2) is 2.63. The Morgan fingerprint density at radius 2 is 2.23 bits per heavy atom. The Morgan fingerprint density at radius 3 is 3.00 bits per heavy atom. The number of fused-ring (bicyclic) bond motifs is 1. The minimum atomic E-state index is -3.28. The molecule has 1 aromatic rings. The number of ether oxygens (including phenoxy) is 1. The summed E-state index contributed by atoms with van der Waals surface area (Å²) >= 11 is 0. The van der Waals surface area contributed by atoms with Crippen molar-refractivity contribution in [1.29, 1.82) is 0 Å². The molecule has 0 saturated carbocycles. The number of hydrogen-bond donors (Lipinski definition) is 1. The van der Waals surface area contributed by atoms with Crippen molar-refractivity contribution in [3.63, 3.8) is 0 Å². The fourth-order valence-electron chi connectivity index (χ4n) is 1.17. The molecule has 0 aliphatic carbocycles. The molecule has 1 N–H and O–H groups in total. The third-order valence-corrected chi connectivity index (χ3v) is 2.73. The van der Waals surface area contributed by atoms with Gasteiger partial charge in [0.2, 0.25) is 5.94 Å². The average molecular weight is 199 g/mol. The maximum absolute atomic E-state index is 11.1. The normalized spacial score (nSPS) is 18.2. The topological polar surface area (TPSA) is 55.4 Å². The number of aryl methyl sites for hydroxylation is 1. The summed E-state index contributed by atoms with van der Waals surface area (Å²) in [6.07, 6.45) is 0. The smallest absolute Gasteiger partial charge is 0.268 e. The highest BCUT2D eigenvalue weighted by Crippen LogP contribution is 2.29. The molecule has 0 radical (unpaired) electrons. The third kappa shape index (κ3) is 1.60. The lowest BCUT2D eigenvalue weighted by atomic mass is 10.2. The first-order valence-corrected chi connectivity index (χ1v) is 5.46. The fourth-order valence-corrected chi connectivity index (χ4v) is 2.02. The van der Waals surface area contributed by atoms with Crippen molar-refractivity contribution in [3.05, 3.63) is 23.8 Å². The number of nitrogens with one attached hydrogen (secondary N) is 1. The summed E-state index contributed by atoms with van der Waals surface area (Å²) in [6, 6.07) is 5.33. The quantitative estimate of drug-likeness (QED) is 0.680. The Kier molecular flexibility index (Phi) is 1.69. The summed E-state index contributed by atoms with van der Waals surface area (Å²) < 4.78 is 29.6. The summed E-state index contributed by atoms with van der Waals surface area (Å²) in [7, 11) is -3.28. The van der Waals surface area contributed by atoms with Crippen LogP contribution in [-0.2, 0) is 10.0 Å². The summed E-state index contributed by atoms with van der Waals surface area (Å²) in [5.74, 6) is 0.290. The van der Waals surface area contributed by atoms with Crippen LogP contribution in [0.1, 0.15) is 5.56 Å². The van der Waals surface area contributed by atoms with Crippen LogP contribution in [0.15, 0.2) is 18.2 Å². The van der Waals surface area contributed by atoms with Gasteiger partial charge in [0.25, 0.3) is 10.0 Å². The third-order valence-electron chi connectivity index (χ3n) is 1.77. The van der Waals surface area contributed by atoms with Crippen LogP contribution < -0.4 is 9.46 Å². The predicted molar refractivity (Wildman–Crippen MR) is 49.2 cm³/mol. The van der Waals surface area contributed by atoms with Crippen molar-refractivity contribution in [2.24, 2.45) is 0 Å². The number of rotatable bonds is 0. The van der Waals surface area contributed by atoms with Gasteiger partial charge in [0.15, 0.2) is 0 Å². The van der Waals surface area contributed by atoms with E-state index in [1.165, 1.54) is 0 Å². The molecule has 1 aliphatic rings. The molecule has 13 heavy (non-hydrogen) atoms. The zero-order valence-electron chi connectivity index (χ0n) is 7.07. The molecule has 5 heteroatoms. The van der Waals surface area contributed by atoms with Crippen molar-refractivity contribution in [3.8, 4) is 5.75 Å². The highest BCUT2D eigenvalue weighted by atomic mass is 32.2. The molecule has 4 nitrogen and oxygen atoms in total. The van der Waals surface area contributed by atoms with Crippen LogP contribution in [0.2, 0.25) is 0 Å². The van der Waals surface area contributed by atoms with E-state index in [4.69, 9.17) is 4.74 Å². The lowest BCUT2D eigenvalue weighted by molar-refractivity contribution is 0.374. The van der Waals surface area contributed by atoms with Gasteiger partial charge in [-0.05, 0) is 24.6 Å². The van der Waals surface area contributed by atoms with Crippen LogP contribution in [0.25, 0.3) is 0 Å². The van der Waals surface area contributed by atoms with E-state index in [0.717, 1.165) is 5.56 Å². The highest BCUT2D eigenvalue weighted by molar-refractivity contribution is 7.92.